The molecule has 1 aliphatic rings. The Morgan fingerprint density at radius 1 is 1.26 bits per heavy atom. The Balaban J connectivity index is 1.45. The second-order valence-electron chi connectivity index (χ2n) is 5.32. The molecule has 0 radical (unpaired) electrons. The van der Waals surface area contributed by atoms with Gasteiger partial charge in [0.15, 0.2) is 10.8 Å². The first-order chi connectivity index (χ1) is 11.3. The van der Waals surface area contributed by atoms with Gasteiger partial charge in [-0.2, -0.15) is 0 Å². The van der Waals surface area contributed by atoms with E-state index >= 15 is 0 Å². The van der Waals surface area contributed by atoms with Gasteiger partial charge in [0.1, 0.15) is 11.5 Å². The van der Waals surface area contributed by atoms with Gasteiger partial charge in [-0.3, -0.25) is 4.79 Å². The van der Waals surface area contributed by atoms with Gasteiger partial charge in [0.2, 0.25) is 0 Å². The van der Waals surface area contributed by atoms with Crippen LogP contribution in [0.4, 0.5) is 0 Å². The SMILES string of the molecule is O=C(NC1CCc2nccn2C1)c1csc(-c2ncccn2)n1. The Hall–Kier alpha value is -2.61. The summed E-state index contributed by atoms with van der Waals surface area (Å²) in [6.45, 7) is 0.750. The van der Waals surface area contributed by atoms with Crippen molar-refractivity contribution in [2.75, 3.05) is 0 Å². The maximum atomic E-state index is 12.4. The first-order valence-corrected chi connectivity index (χ1v) is 8.21. The minimum absolute atomic E-state index is 0.0994. The molecule has 1 unspecified atom stereocenters. The maximum Gasteiger partial charge on any atom is 0.271 e. The van der Waals surface area contributed by atoms with Gasteiger partial charge in [0, 0.05) is 49.2 Å². The van der Waals surface area contributed by atoms with Crippen LogP contribution in [0.5, 0.6) is 0 Å². The molecule has 1 N–H and O–H groups in total. The van der Waals surface area contributed by atoms with Crippen LogP contribution in [0.3, 0.4) is 0 Å². The molecule has 0 spiro atoms. The number of amides is 1. The standard InChI is InChI=1S/C15H14N6OS/c22-14(19-10-2-3-12-16-6-7-21(12)8-10)11-9-23-15(20-11)13-17-4-1-5-18-13/h1,4-7,9-10H,2-3,8H2,(H,19,22). The van der Waals surface area contributed by atoms with E-state index in [4.69, 9.17) is 0 Å². The van der Waals surface area contributed by atoms with Crippen LogP contribution in [0.1, 0.15) is 22.7 Å². The lowest BCUT2D eigenvalue weighted by molar-refractivity contribution is 0.0923. The van der Waals surface area contributed by atoms with Crippen molar-refractivity contribution >= 4 is 17.2 Å². The fourth-order valence-electron chi connectivity index (χ4n) is 2.63. The van der Waals surface area contributed by atoms with Crippen molar-refractivity contribution in [3.8, 4) is 10.8 Å². The molecule has 0 aliphatic carbocycles. The van der Waals surface area contributed by atoms with Gasteiger partial charge in [-0.05, 0) is 12.5 Å². The van der Waals surface area contributed by atoms with Gasteiger partial charge in [-0.15, -0.1) is 11.3 Å². The molecule has 3 aromatic rings. The van der Waals surface area contributed by atoms with Crippen molar-refractivity contribution < 1.29 is 4.79 Å². The number of carbonyl (C=O) groups is 1. The number of carbonyl (C=O) groups excluding carboxylic acids is 1. The van der Waals surface area contributed by atoms with Gasteiger partial charge in [-0.25, -0.2) is 19.9 Å². The Bertz CT molecular complexity index is 827. The minimum atomic E-state index is -0.156. The van der Waals surface area contributed by atoms with Crippen molar-refractivity contribution in [2.24, 2.45) is 0 Å². The highest BCUT2D eigenvalue weighted by Gasteiger charge is 2.22. The number of nitrogens with one attached hydrogen (secondary N) is 1. The number of aryl methyl sites for hydroxylation is 1. The zero-order chi connectivity index (χ0) is 15.6. The topological polar surface area (TPSA) is 85.6 Å². The van der Waals surface area contributed by atoms with Gasteiger partial charge in [-0.1, -0.05) is 0 Å². The van der Waals surface area contributed by atoms with Crippen LogP contribution in [0.25, 0.3) is 10.8 Å². The number of rotatable bonds is 3. The summed E-state index contributed by atoms with van der Waals surface area (Å²) >= 11 is 1.37. The van der Waals surface area contributed by atoms with Crippen LogP contribution in [0, 0.1) is 0 Å². The lowest BCUT2D eigenvalue weighted by atomic mass is 10.1. The lowest BCUT2D eigenvalue weighted by Crippen LogP contribution is -2.41. The number of hydrogen-bond donors (Lipinski definition) is 1. The molecule has 1 amide bonds. The summed E-state index contributed by atoms with van der Waals surface area (Å²) in [5, 5.41) is 5.44. The molecule has 0 fully saturated rings. The fraction of sp³-hybridized carbons (Fsp3) is 0.267. The zero-order valence-corrected chi connectivity index (χ0v) is 13.0. The van der Waals surface area contributed by atoms with Gasteiger partial charge >= 0.3 is 0 Å². The summed E-state index contributed by atoms with van der Waals surface area (Å²) in [4.78, 5) is 29.3. The molecule has 116 valence electrons. The monoisotopic (exact) mass is 326 g/mol. The van der Waals surface area contributed by atoms with Crippen molar-refractivity contribution in [2.45, 2.75) is 25.4 Å². The maximum absolute atomic E-state index is 12.4. The molecule has 0 saturated carbocycles. The zero-order valence-electron chi connectivity index (χ0n) is 12.2. The molecule has 8 heteroatoms. The van der Waals surface area contributed by atoms with E-state index in [1.54, 1.807) is 30.0 Å². The molecule has 23 heavy (non-hydrogen) atoms. The predicted molar refractivity (Wildman–Crippen MR) is 84.9 cm³/mol. The van der Waals surface area contributed by atoms with Gasteiger partial charge in [0.25, 0.3) is 5.91 Å². The molecule has 0 aromatic carbocycles. The smallest absolute Gasteiger partial charge is 0.271 e. The molecule has 4 rings (SSSR count). The summed E-state index contributed by atoms with van der Waals surface area (Å²) in [5.74, 6) is 1.46. The third-order valence-electron chi connectivity index (χ3n) is 3.76. The van der Waals surface area contributed by atoms with E-state index in [0.29, 0.717) is 16.5 Å². The molecular formula is C15H14N6OS. The van der Waals surface area contributed by atoms with Crippen molar-refractivity contribution in [1.82, 2.24) is 29.8 Å². The molecule has 7 nitrogen and oxygen atoms in total. The van der Waals surface area contributed by atoms with Crippen LogP contribution in [-0.4, -0.2) is 36.5 Å². The predicted octanol–water partition coefficient (Wildman–Crippen LogP) is 1.54. The van der Waals surface area contributed by atoms with Crippen LogP contribution in [0.15, 0.2) is 36.2 Å². The Kier molecular flexibility index (Phi) is 3.58. The summed E-state index contributed by atoms with van der Waals surface area (Å²) < 4.78 is 2.08. The van der Waals surface area contributed by atoms with Crippen molar-refractivity contribution in [3.05, 3.63) is 47.8 Å². The quantitative estimate of drug-likeness (QED) is 0.789. The lowest BCUT2D eigenvalue weighted by Gasteiger charge is -2.24. The highest BCUT2D eigenvalue weighted by molar-refractivity contribution is 7.13. The molecule has 4 heterocycles. The van der Waals surface area contributed by atoms with Crippen molar-refractivity contribution in [3.63, 3.8) is 0 Å². The summed E-state index contributed by atoms with van der Waals surface area (Å²) in [7, 11) is 0. The molecule has 0 saturated heterocycles. The van der Waals surface area contributed by atoms with Crippen LogP contribution in [-0.2, 0) is 13.0 Å². The van der Waals surface area contributed by atoms with E-state index in [1.165, 1.54) is 11.3 Å². The van der Waals surface area contributed by atoms with Gasteiger partial charge < -0.3 is 9.88 Å². The van der Waals surface area contributed by atoms with Crippen LogP contribution in [0.2, 0.25) is 0 Å². The highest BCUT2D eigenvalue weighted by atomic mass is 32.1. The van der Waals surface area contributed by atoms with E-state index in [2.05, 4.69) is 29.8 Å². The Morgan fingerprint density at radius 3 is 3.00 bits per heavy atom. The van der Waals surface area contributed by atoms with E-state index in [-0.39, 0.29) is 11.9 Å². The minimum Gasteiger partial charge on any atom is -0.346 e. The van der Waals surface area contributed by atoms with Crippen molar-refractivity contribution in [1.29, 1.82) is 0 Å². The number of thiazole rings is 1. The van der Waals surface area contributed by atoms with Crippen LogP contribution < -0.4 is 5.32 Å². The average Bonchev–Trinajstić information content (AvgIpc) is 3.24. The first-order valence-electron chi connectivity index (χ1n) is 7.33. The largest absolute Gasteiger partial charge is 0.346 e. The molecule has 1 atom stereocenters. The average molecular weight is 326 g/mol. The normalized spacial score (nSPS) is 16.8. The molecule has 1 aliphatic heterocycles. The molecule has 3 aromatic heterocycles. The molecule has 0 bridgehead atoms. The second-order valence-corrected chi connectivity index (χ2v) is 6.17. The van der Waals surface area contributed by atoms with Crippen LogP contribution >= 0.6 is 11.3 Å². The summed E-state index contributed by atoms with van der Waals surface area (Å²) in [6.07, 6.45) is 8.83. The Morgan fingerprint density at radius 2 is 2.13 bits per heavy atom. The number of fused-ring (bicyclic) bond motifs is 1. The number of hydrogen-bond acceptors (Lipinski definition) is 6. The first kappa shape index (κ1) is 14.0. The number of aromatic nitrogens is 5. The number of imidazole rings is 1. The molecular weight excluding hydrogens is 312 g/mol. The number of nitrogens with zero attached hydrogens (tertiary/aromatic N) is 5. The van der Waals surface area contributed by atoms with E-state index < -0.39 is 0 Å². The fourth-order valence-corrected chi connectivity index (χ4v) is 3.38. The van der Waals surface area contributed by atoms with E-state index in [0.717, 1.165) is 25.2 Å². The second kappa shape index (κ2) is 5.88. The summed E-state index contributed by atoms with van der Waals surface area (Å²) in [5.41, 5.74) is 0.411. The van der Waals surface area contributed by atoms with Gasteiger partial charge in [0.05, 0.1) is 0 Å². The van der Waals surface area contributed by atoms with E-state index in [9.17, 15) is 4.79 Å². The third kappa shape index (κ3) is 2.85. The third-order valence-corrected chi connectivity index (χ3v) is 4.60. The highest BCUT2D eigenvalue weighted by Crippen LogP contribution is 2.20. The summed E-state index contributed by atoms with van der Waals surface area (Å²) in [6, 6.07) is 1.85. The Labute approximate surface area is 136 Å². The van der Waals surface area contributed by atoms with E-state index in [1.807, 2.05) is 6.20 Å².